The van der Waals surface area contributed by atoms with Crippen LogP contribution in [0.3, 0.4) is 0 Å². The molecule has 0 aliphatic carbocycles. The van der Waals surface area contributed by atoms with Gasteiger partial charge in [-0.2, -0.15) is 0 Å². The van der Waals surface area contributed by atoms with Crippen LogP contribution in [0.15, 0.2) is 48.5 Å². The van der Waals surface area contributed by atoms with E-state index in [-0.39, 0.29) is 37.3 Å². The summed E-state index contributed by atoms with van der Waals surface area (Å²) in [6.07, 6.45) is 0.0941. The summed E-state index contributed by atoms with van der Waals surface area (Å²) in [5.74, 6) is -1.56. The number of anilines is 3. The summed E-state index contributed by atoms with van der Waals surface area (Å²) < 4.78 is 4.95. The molecule has 0 unspecified atom stereocenters. The van der Waals surface area contributed by atoms with Crippen LogP contribution < -0.4 is 15.5 Å². The van der Waals surface area contributed by atoms with Crippen LogP contribution in [-0.2, 0) is 19.1 Å². The summed E-state index contributed by atoms with van der Waals surface area (Å²) in [7, 11) is 0. The van der Waals surface area contributed by atoms with Crippen LogP contribution in [0.1, 0.15) is 30.6 Å². The molecule has 1 aliphatic heterocycles. The van der Waals surface area contributed by atoms with Gasteiger partial charge in [0, 0.05) is 37.0 Å². The minimum atomic E-state index is -0.508. The van der Waals surface area contributed by atoms with E-state index in [0.717, 1.165) is 0 Å². The molecule has 8 heteroatoms. The Morgan fingerprint density at radius 3 is 2.37 bits per heavy atom. The predicted molar refractivity (Wildman–Crippen MR) is 112 cm³/mol. The fraction of sp³-hybridized carbons (Fsp3) is 0.273. The average Bonchev–Trinajstić information content (AvgIpc) is 3.10. The standard InChI is InChI=1S/C22H23N3O5/c1-3-30-22(29)15-7-9-19(10-8-15)25-13-16(11-20(25)27)21(28)24-18-6-4-5-17(12-18)23-14(2)26/h4-10,12,16H,3,11,13H2,1-2H3,(H,23,26)(H,24,28)/t16-/m0/s1. The maximum absolute atomic E-state index is 12.6. The van der Waals surface area contributed by atoms with E-state index in [0.29, 0.717) is 22.6 Å². The third-order valence-electron chi connectivity index (χ3n) is 4.64. The molecule has 0 aromatic heterocycles. The minimum Gasteiger partial charge on any atom is -0.462 e. The second kappa shape index (κ2) is 9.21. The topological polar surface area (TPSA) is 105 Å². The Bertz CT molecular complexity index is 971. The number of benzene rings is 2. The fourth-order valence-corrected chi connectivity index (χ4v) is 3.25. The van der Waals surface area contributed by atoms with Gasteiger partial charge in [0.25, 0.3) is 0 Å². The highest BCUT2D eigenvalue weighted by Crippen LogP contribution is 2.27. The maximum atomic E-state index is 12.6. The zero-order chi connectivity index (χ0) is 21.7. The van der Waals surface area contributed by atoms with E-state index in [2.05, 4.69) is 10.6 Å². The van der Waals surface area contributed by atoms with Crippen LogP contribution in [-0.4, -0.2) is 36.8 Å². The molecular weight excluding hydrogens is 386 g/mol. The lowest BCUT2D eigenvalue weighted by Crippen LogP contribution is -2.28. The third-order valence-corrected chi connectivity index (χ3v) is 4.64. The molecule has 1 saturated heterocycles. The maximum Gasteiger partial charge on any atom is 0.338 e. The number of amides is 3. The van der Waals surface area contributed by atoms with Gasteiger partial charge in [-0.1, -0.05) is 6.07 Å². The van der Waals surface area contributed by atoms with Crippen molar-refractivity contribution in [2.24, 2.45) is 5.92 Å². The monoisotopic (exact) mass is 409 g/mol. The molecular formula is C22H23N3O5. The van der Waals surface area contributed by atoms with Crippen molar-refractivity contribution in [2.45, 2.75) is 20.3 Å². The zero-order valence-electron chi connectivity index (χ0n) is 16.8. The molecule has 8 nitrogen and oxygen atoms in total. The summed E-state index contributed by atoms with van der Waals surface area (Å²) in [5.41, 5.74) is 2.14. The second-order valence-electron chi connectivity index (χ2n) is 6.92. The molecule has 1 heterocycles. The SMILES string of the molecule is CCOC(=O)c1ccc(N2C[C@@H](C(=O)Nc3cccc(NC(C)=O)c3)CC2=O)cc1. The Labute approximate surface area is 174 Å². The number of ether oxygens (including phenoxy) is 1. The molecule has 30 heavy (non-hydrogen) atoms. The van der Waals surface area contributed by atoms with Crippen LogP contribution in [0.4, 0.5) is 17.1 Å². The highest BCUT2D eigenvalue weighted by molar-refractivity contribution is 6.04. The van der Waals surface area contributed by atoms with Crippen molar-refractivity contribution in [1.82, 2.24) is 0 Å². The van der Waals surface area contributed by atoms with E-state index in [9.17, 15) is 19.2 Å². The van der Waals surface area contributed by atoms with Crippen LogP contribution >= 0.6 is 0 Å². The van der Waals surface area contributed by atoms with Gasteiger partial charge in [0.15, 0.2) is 0 Å². The molecule has 3 amide bonds. The first-order chi connectivity index (χ1) is 14.4. The van der Waals surface area contributed by atoms with Crippen molar-refractivity contribution in [2.75, 3.05) is 28.7 Å². The molecule has 2 N–H and O–H groups in total. The number of carbonyl (C=O) groups excluding carboxylic acids is 4. The fourth-order valence-electron chi connectivity index (χ4n) is 3.25. The van der Waals surface area contributed by atoms with Crippen molar-refractivity contribution in [1.29, 1.82) is 0 Å². The molecule has 2 aromatic rings. The molecule has 2 aromatic carbocycles. The molecule has 1 fully saturated rings. The molecule has 0 radical (unpaired) electrons. The van der Waals surface area contributed by atoms with Gasteiger partial charge < -0.3 is 20.3 Å². The number of esters is 1. The molecule has 3 rings (SSSR count). The Balaban J connectivity index is 1.64. The Hall–Kier alpha value is -3.68. The van der Waals surface area contributed by atoms with E-state index in [1.165, 1.54) is 11.8 Å². The summed E-state index contributed by atoms with van der Waals surface area (Å²) >= 11 is 0. The summed E-state index contributed by atoms with van der Waals surface area (Å²) in [5, 5.41) is 5.46. The van der Waals surface area contributed by atoms with E-state index in [1.54, 1.807) is 55.5 Å². The number of hydrogen-bond acceptors (Lipinski definition) is 5. The van der Waals surface area contributed by atoms with Gasteiger partial charge in [-0.15, -0.1) is 0 Å². The van der Waals surface area contributed by atoms with Gasteiger partial charge in [0.1, 0.15) is 0 Å². The molecule has 1 aliphatic rings. The van der Waals surface area contributed by atoms with Crippen LogP contribution in [0, 0.1) is 5.92 Å². The first-order valence-electron chi connectivity index (χ1n) is 9.63. The predicted octanol–water partition coefficient (Wildman–Crippen LogP) is 2.81. The van der Waals surface area contributed by atoms with Crippen molar-refractivity contribution >= 4 is 40.8 Å². The summed E-state index contributed by atoms with van der Waals surface area (Å²) in [6, 6.07) is 13.3. The summed E-state index contributed by atoms with van der Waals surface area (Å²) in [6.45, 7) is 3.67. The Morgan fingerprint density at radius 1 is 1.07 bits per heavy atom. The van der Waals surface area contributed by atoms with Gasteiger partial charge in [0.05, 0.1) is 18.1 Å². The number of hydrogen-bond donors (Lipinski definition) is 2. The van der Waals surface area contributed by atoms with Gasteiger partial charge >= 0.3 is 5.97 Å². The third kappa shape index (κ3) is 5.02. The largest absolute Gasteiger partial charge is 0.462 e. The molecule has 156 valence electrons. The lowest BCUT2D eigenvalue weighted by Gasteiger charge is -2.17. The average molecular weight is 409 g/mol. The molecule has 0 spiro atoms. The smallest absolute Gasteiger partial charge is 0.338 e. The zero-order valence-corrected chi connectivity index (χ0v) is 16.8. The normalized spacial score (nSPS) is 15.6. The Morgan fingerprint density at radius 2 is 1.73 bits per heavy atom. The minimum absolute atomic E-state index is 0.0941. The van der Waals surface area contributed by atoms with E-state index < -0.39 is 11.9 Å². The van der Waals surface area contributed by atoms with Crippen molar-refractivity contribution in [3.05, 3.63) is 54.1 Å². The second-order valence-corrected chi connectivity index (χ2v) is 6.92. The van der Waals surface area contributed by atoms with E-state index >= 15 is 0 Å². The Kier molecular flexibility index (Phi) is 6.46. The van der Waals surface area contributed by atoms with Crippen LogP contribution in [0.25, 0.3) is 0 Å². The van der Waals surface area contributed by atoms with Crippen molar-refractivity contribution in [3.63, 3.8) is 0 Å². The molecule has 1 atom stereocenters. The number of carbonyl (C=O) groups is 4. The lowest BCUT2D eigenvalue weighted by atomic mass is 10.1. The van der Waals surface area contributed by atoms with Crippen molar-refractivity contribution in [3.8, 4) is 0 Å². The quantitative estimate of drug-likeness (QED) is 0.714. The van der Waals surface area contributed by atoms with E-state index in [4.69, 9.17) is 4.74 Å². The van der Waals surface area contributed by atoms with Crippen LogP contribution in [0.5, 0.6) is 0 Å². The molecule has 0 bridgehead atoms. The first-order valence-corrected chi connectivity index (χ1v) is 9.63. The van der Waals surface area contributed by atoms with Gasteiger partial charge in [-0.3, -0.25) is 14.4 Å². The number of nitrogens with one attached hydrogen (secondary N) is 2. The highest BCUT2D eigenvalue weighted by Gasteiger charge is 2.35. The van der Waals surface area contributed by atoms with E-state index in [1.807, 2.05) is 0 Å². The first kappa shape index (κ1) is 21.0. The van der Waals surface area contributed by atoms with Crippen molar-refractivity contribution < 1.29 is 23.9 Å². The van der Waals surface area contributed by atoms with Gasteiger partial charge in [-0.25, -0.2) is 4.79 Å². The lowest BCUT2D eigenvalue weighted by molar-refractivity contribution is -0.122. The highest BCUT2D eigenvalue weighted by atomic mass is 16.5. The van der Waals surface area contributed by atoms with Gasteiger partial charge in [0.2, 0.25) is 17.7 Å². The van der Waals surface area contributed by atoms with Crippen LogP contribution in [0.2, 0.25) is 0 Å². The number of nitrogens with zero attached hydrogens (tertiary/aromatic N) is 1. The molecule has 0 saturated carbocycles. The summed E-state index contributed by atoms with van der Waals surface area (Å²) in [4.78, 5) is 49.6. The number of rotatable bonds is 6. The van der Waals surface area contributed by atoms with Gasteiger partial charge in [-0.05, 0) is 49.4 Å².